The van der Waals surface area contributed by atoms with Gasteiger partial charge in [0.15, 0.2) is 0 Å². The zero-order valence-electron chi connectivity index (χ0n) is 12.0. The maximum absolute atomic E-state index is 11.7. The van der Waals surface area contributed by atoms with E-state index >= 15 is 0 Å². The number of hydrogen-bond acceptors (Lipinski definition) is 5. The smallest absolute Gasteiger partial charge is 0.414 e. The monoisotopic (exact) mass is 289 g/mol. The molecule has 116 valence electrons. The molecular formula is C12H23N3O5. The van der Waals surface area contributed by atoms with Crippen LogP contribution < -0.4 is 10.6 Å². The van der Waals surface area contributed by atoms with E-state index in [-0.39, 0.29) is 18.0 Å². The number of carbonyl (C=O) groups is 3. The molecule has 0 spiro atoms. The molecule has 8 heteroatoms. The van der Waals surface area contributed by atoms with Gasteiger partial charge in [0.2, 0.25) is 5.91 Å². The first kappa shape index (κ1) is 18.3. The van der Waals surface area contributed by atoms with Crippen molar-refractivity contribution in [3.8, 4) is 0 Å². The van der Waals surface area contributed by atoms with Crippen molar-refractivity contribution in [1.82, 2.24) is 15.5 Å². The molecule has 1 fully saturated rings. The first-order chi connectivity index (χ1) is 9.25. The number of piperazine rings is 1. The molecular weight excluding hydrogens is 266 g/mol. The molecule has 0 aromatic carbocycles. The Hall–Kier alpha value is -1.67. The van der Waals surface area contributed by atoms with Crippen LogP contribution in [0.5, 0.6) is 0 Å². The molecule has 1 amide bonds. The summed E-state index contributed by atoms with van der Waals surface area (Å²) in [6.07, 6.45) is 0. The summed E-state index contributed by atoms with van der Waals surface area (Å²) < 4.78 is 0. The molecule has 1 aliphatic heterocycles. The Morgan fingerprint density at radius 1 is 1.05 bits per heavy atom. The van der Waals surface area contributed by atoms with Gasteiger partial charge < -0.3 is 20.8 Å². The largest absolute Gasteiger partial charge is 0.473 e. The molecule has 0 radical (unpaired) electrons. The van der Waals surface area contributed by atoms with Crippen LogP contribution in [0.3, 0.4) is 0 Å². The number of nitrogens with zero attached hydrogens (tertiary/aromatic N) is 1. The minimum Gasteiger partial charge on any atom is -0.473 e. The van der Waals surface area contributed by atoms with E-state index in [0.29, 0.717) is 0 Å². The zero-order valence-corrected chi connectivity index (χ0v) is 12.0. The third kappa shape index (κ3) is 7.70. The highest BCUT2D eigenvalue weighted by molar-refractivity contribution is 6.27. The summed E-state index contributed by atoms with van der Waals surface area (Å²) in [5.74, 6) is -3.51. The van der Waals surface area contributed by atoms with Crippen LogP contribution in [-0.4, -0.2) is 71.2 Å². The summed E-state index contributed by atoms with van der Waals surface area (Å²) in [5, 5.41) is 21.0. The zero-order chi connectivity index (χ0) is 15.7. The van der Waals surface area contributed by atoms with E-state index in [0.717, 1.165) is 26.2 Å². The fourth-order valence-corrected chi connectivity index (χ4v) is 1.64. The summed E-state index contributed by atoms with van der Waals surface area (Å²) in [6, 6.07) is 0.229. The average Bonchev–Trinajstić information content (AvgIpc) is 2.38. The Bertz CT molecular complexity index is 328. The standard InChI is InChI=1S/C10H21N3O.C2H2O4/c1-8(2)12-10(14)9(3)13-6-4-11-5-7-13;3-1(4)2(5)6/h8-9,11H,4-7H2,1-3H3,(H,12,14);(H,3,4)(H,5,6). The van der Waals surface area contributed by atoms with E-state index in [4.69, 9.17) is 19.8 Å². The number of carbonyl (C=O) groups excluding carboxylic acids is 1. The quantitative estimate of drug-likeness (QED) is 0.490. The van der Waals surface area contributed by atoms with Gasteiger partial charge in [-0.25, -0.2) is 9.59 Å². The number of hydrogen-bond donors (Lipinski definition) is 4. The molecule has 8 nitrogen and oxygen atoms in total. The molecule has 1 rings (SSSR count). The van der Waals surface area contributed by atoms with Gasteiger partial charge in [0.05, 0.1) is 6.04 Å². The van der Waals surface area contributed by atoms with Crippen molar-refractivity contribution in [3.05, 3.63) is 0 Å². The van der Waals surface area contributed by atoms with Gasteiger partial charge in [0, 0.05) is 32.2 Å². The summed E-state index contributed by atoms with van der Waals surface area (Å²) in [7, 11) is 0. The Kier molecular flexibility index (Phi) is 8.49. The van der Waals surface area contributed by atoms with Gasteiger partial charge in [-0.3, -0.25) is 9.69 Å². The third-order valence-electron chi connectivity index (χ3n) is 2.69. The van der Waals surface area contributed by atoms with Crippen LogP contribution in [0.4, 0.5) is 0 Å². The van der Waals surface area contributed by atoms with Crippen LogP contribution in [0.2, 0.25) is 0 Å². The van der Waals surface area contributed by atoms with Crippen molar-refractivity contribution >= 4 is 17.8 Å². The van der Waals surface area contributed by atoms with Gasteiger partial charge in [-0.2, -0.15) is 0 Å². The fraction of sp³-hybridized carbons (Fsp3) is 0.750. The molecule has 0 bridgehead atoms. The lowest BCUT2D eigenvalue weighted by atomic mass is 10.2. The topological polar surface area (TPSA) is 119 Å². The number of aliphatic carboxylic acids is 2. The van der Waals surface area contributed by atoms with Gasteiger partial charge in [-0.05, 0) is 20.8 Å². The van der Waals surface area contributed by atoms with Crippen molar-refractivity contribution in [2.75, 3.05) is 26.2 Å². The first-order valence-corrected chi connectivity index (χ1v) is 6.47. The number of rotatable bonds is 3. The van der Waals surface area contributed by atoms with Crippen LogP contribution in [0.15, 0.2) is 0 Å². The summed E-state index contributed by atoms with van der Waals surface area (Å²) >= 11 is 0. The van der Waals surface area contributed by atoms with Crippen LogP contribution >= 0.6 is 0 Å². The van der Waals surface area contributed by atoms with Gasteiger partial charge >= 0.3 is 11.9 Å². The molecule has 0 aromatic rings. The van der Waals surface area contributed by atoms with Gasteiger partial charge in [0.1, 0.15) is 0 Å². The van der Waals surface area contributed by atoms with Gasteiger partial charge in [-0.1, -0.05) is 0 Å². The predicted molar refractivity (Wildman–Crippen MR) is 72.5 cm³/mol. The van der Waals surface area contributed by atoms with Crippen molar-refractivity contribution in [2.24, 2.45) is 0 Å². The maximum atomic E-state index is 11.7. The maximum Gasteiger partial charge on any atom is 0.414 e. The Morgan fingerprint density at radius 2 is 1.50 bits per heavy atom. The van der Waals surface area contributed by atoms with E-state index in [9.17, 15) is 4.79 Å². The molecule has 4 N–H and O–H groups in total. The van der Waals surface area contributed by atoms with Crippen LogP contribution in [0.1, 0.15) is 20.8 Å². The molecule has 20 heavy (non-hydrogen) atoms. The molecule has 1 heterocycles. The molecule has 1 saturated heterocycles. The molecule has 0 saturated carbocycles. The van der Waals surface area contributed by atoms with Gasteiger partial charge in [-0.15, -0.1) is 0 Å². The van der Waals surface area contributed by atoms with E-state index < -0.39 is 11.9 Å². The number of carboxylic acid groups (broad SMARTS) is 2. The minimum atomic E-state index is -1.82. The second-order valence-electron chi connectivity index (χ2n) is 4.74. The summed E-state index contributed by atoms with van der Waals surface area (Å²) in [5.41, 5.74) is 0. The molecule has 1 atom stereocenters. The van der Waals surface area contributed by atoms with E-state index in [1.807, 2.05) is 20.8 Å². The van der Waals surface area contributed by atoms with Crippen LogP contribution in [-0.2, 0) is 14.4 Å². The van der Waals surface area contributed by atoms with Crippen molar-refractivity contribution in [1.29, 1.82) is 0 Å². The summed E-state index contributed by atoms with van der Waals surface area (Å²) in [6.45, 7) is 9.85. The Labute approximate surface area is 118 Å². The number of nitrogens with one attached hydrogen (secondary N) is 2. The van der Waals surface area contributed by atoms with Crippen LogP contribution in [0.25, 0.3) is 0 Å². The minimum absolute atomic E-state index is 0.000463. The predicted octanol–water partition coefficient (Wildman–Crippen LogP) is -1.04. The van der Waals surface area contributed by atoms with Crippen molar-refractivity contribution < 1.29 is 24.6 Å². The lowest BCUT2D eigenvalue weighted by molar-refractivity contribution is -0.159. The fourth-order valence-electron chi connectivity index (χ4n) is 1.64. The van der Waals surface area contributed by atoms with Crippen LogP contribution in [0, 0.1) is 0 Å². The lowest BCUT2D eigenvalue weighted by Crippen LogP contribution is -2.53. The van der Waals surface area contributed by atoms with Gasteiger partial charge in [0.25, 0.3) is 0 Å². The molecule has 0 aromatic heterocycles. The Balaban J connectivity index is 0.000000511. The van der Waals surface area contributed by atoms with E-state index in [1.165, 1.54) is 0 Å². The molecule has 1 unspecified atom stereocenters. The summed E-state index contributed by atoms with van der Waals surface area (Å²) in [4.78, 5) is 32.1. The highest BCUT2D eigenvalue weighted by atomic mass is 16.4. The number of carboxylic acids is 2. The first-order valence-electron chi connectivity index (χ1n) is 6.47. The molecule has 1 aliphatic rings. The van der Waals surface area contributed by atoms with Crippen molar-refractivity contribution in [3.63, 3.8) is 0 Å². The molecule has 0 aliphatic carbocycles. The van der Waals surface area contributed by atoms with Crippen molar-refractivity contribution in [2.45, 2.75) is 32.9 Å². The second kappa shape index (κ2) is 9.27. The third-order valence-corrected chi connectivity index (χ3v) is 2.69. The van der Waals surface area contributed by atoms with E-state index in [2.05, 4.69) is 15.5 Å². The highest BCUT2D eigenvalue weighted by Crippen LogP contribution is 2.01. The normalized spacial score (nSPS) is 16.8. The number of amides is 1. The lowest BCUT2D eigenvalue weighted by Gasteiger charge is -2.32. The van der Waals surface area contributed by atoms with E-state index in [1.54, 1.807) is 0 Å². The average molecular weight is 289 g/mol. The SMILES string of the molecule is CC(C)NC(=O)C(C)N1CCNCC1.O=C(O)C(=O)O. The Morgan fingerprint density at radius 3 is 1.85 bits per heavy atom. The highest BCUT2D eigenvalue weighted by Gasteiger charge is 2.22. The second-order valence-corrected chi connectivity index (χ2v) is 4.74.